The monoisotopic (exact) mass is 408 g/mol. The Balaban J connectivity index is 1.64. The van der Waals surface area contributed by atoms with Gasteiger partial charge in [0.05, 0.1) is 21.1 Å². The fourth-order valence-corrected chi connectivity index (χ4v) is 4.07. The van der Waals surface area contributed by atoms with E-state index in [9.17, 15) is 14.9 Å². The van der Waals surface area contributed by atoms with Crippen molar-refractivity contribution in [3.05, 3.63) is 87.5 Å². The van der Waals surface area contributed by atoms with Gasteiger partial charge in [-0.2, -0.15) is 0 Å². The number of nitro benzene ring substituents is 1. The van der Waals surface area contributed by atoms with Crippen molar-refractivity contribution >= 4 is 51.7 Å². The van der Waals surface area contributed by atoms with E-state index in [0.29, 0.717) is 32.7 Å². The molecule has 0 bridgehead atoms. The van der Waals surface area contributed by atoms with Gasteiger partial charge in [-0.05, 0) is 48.2 Å². The number of carbonyl (C=O) groups is 1. The van der Waals surface area contributed by atoms with Crippen molar-refractivity contribution in [3.8, 4) is 11.3 Å². The third-order valence-corrected chi connectivity index (χ3v) is 5.49. The molecule has 138 valence electrons. The van der Waals surface area contributed by atoms with Crippen LogP contribution in [0, 0.1) is 10.1 Å². The standard InChI is InChI=1S/C20H12N2O4S2/c23-20-21(13-6-2-1-3-7-13)19(27)18(28-20)12-14-10-11-17(26-14)15-8-4-5-9-16(15)22(24)25/h1-12H/b18-12-. The van der Waals surface area contributed by atoms with Gasteiger partial charge in [-0.15, -0.1) is 0 Å². The second-order valence-electron chi connectivity index (χ2n) is 5.83. The van der Waals surface area contributed by atoms with E-state index >= 15 is 0 Å². The van der Waals surface area contributed by atoms with Crippen LogP contribution >= 0.6 is 24.0 Å². The lowest BCUT2D eigenvalue weighted by atomic mass is 10.1. The van der Waals surface area contributed by atoms with Crippen LogP contribution in [-0.2, 0) is 0 Å². The maximum Gasteiger partial charge on any atom is 0.296 e. The number of rotatable bonds is 4. The van der Waals surface area contributed by atoms with E-state index in [1.54, 1.807) is 36.4 Å². The maximum absolute atomic E-state index is 12.4. The average molecular weight is 408 g/mol. The number of benzene rings is 2. The number of thiocarbonyl (C=S) groups is 1. The largest absolute Gasteiger partial charge is 0.456 e. The van der Waals surface area contributed by atoms with E-state index < -0.39 is 4.92 Å². The molecule has 1 amide bonds. The number of nitrogens with zero attached hydrogens (tertiary/aromatic N) is 2. The second kappa shape index (κ2) is 7.41. The first kappa shape index (κ1) is 18.1. The highest BCUT2D eigenvalue weighted by atomic mass is 32.2. The number of thioether (sulfide) groups is 1. The minimum Gasteiger partial charge on any atom is -0.456 e. The van der Waals surface area contributed by atoms with Gasteiger partial charge in [0.2, 0.25) is 0 Å². The first-order chi connectivity index (χ1) is 13.5. The van der Waals surface area contributed by atoms with Gasteiger partial charge in [-0.3, -0.25) is 19.8 Å². The van der Waals surface area contributed by atoms with Crippen molar-refractivity contribution in [2.45, 2.75) is 0 Å². The van der Waals surface area contributed by atoms with Crippen LogP contribution in [0.4, 0.5) is 16.2 Å². The topological polar surface area (TPSA) is 76.6 Å². The van der Waals surface area contributed by atoms with Crippen molar-refractivity contribution in [2.24, 2.45) is 0 Å². The Morgan fingerprint density at radius 3 is 2.50 bits per heavy atom. The van der Waals surface area contributed by atoms with E-state index in [2.05, 4.69) is 0 Å². The predicted octanol–water partition coefficient (Wildman–Crippen LogP) is 5.90. The van der Waals surface area contributed by atoms with Crippen LogP contribution in [0.2, 0.25) is 0 Å². The molecule has 1 saturated heterocycles. The van der Waals surface area contributed by atoms with Gasteiger partial charge >= 0.3 is 0 Å². The molecule has 1 aliphatic rings. The lowest BCUT2D eigenvalue weighted by molar-refractivity contribution is -0.384. The van der Waals surface area contributed by atoms with Crippen LogP contribution in [0.15, 0.2) is 76.1 Å². The Labute approximate surface area is 169 Å². The number of furan rings is 1. The van der Waals surface area contributed by atoms with Crippen molar-refractivity contribution in [1.29, 1.82) is 0 Å². The van der Waals surface area contributed by atoms with Crippen LogP contribution in [0.1, 0.15) is 5.76 Å². The molecule has 2 aromatic carbocycles. The van der Waals surface area contributed by atoms with Crippen LogP contribution in [0.3, 0.4) is 0 Å². The summed E-state index contributed by atoms with van der Waals surface area (Å²) >= 11 is 6.48. The quantitative estimate of drug-likeness (QED) is 0.232. The van der Waals surface area contributed by atoms with E-state index in [-0.39, 0.29) is 10.9 Å². The Kier molecular flexibility index (Phi) is 4.81. The highest BCUT2D eigenvalue weighted by Crippen LogP contribution is 2.37. The highest BCUT2D eigenvalue weighted by Gasteiger charge is 2.33. The zero-order valence-electron chi connectivity index (χ0n) is 14.3. The molecular formula is C20H12N2O4S2. The van der Waals surface area contributed by atoms with E-state index in [0.717, 1.165) is 11.8 Å². The lowest BCUT2D eigenvalue weighted by Gasteiger charge is -2.14. The molecule has 0 atom stereocenters. The molecular weight excluding hydrogens is 396 g/mol. The minimum absolute atomic E-state index is 0.0350. The molecule has 6 nitrogen and oxygen atoms in total. The first-order valence-electron chi connectivity index (χ1n) is 8.21. The smallest absolute Gasteiger partial charge is 0.296 e. The van der Waals surface area contributed by atoms with Crippen LogP contribution in [-0.4, -0.2) is 15.2 Å². The fourth-order valence-electron chi connectivity index (χ4n) is 2.81. The van der Waals surface area contributed by atoms with Gasteiger partial charge in [0.1, 0.15) is 16.5 Å². The number of hydrogen-bond acceptors (Lipinski definition) is 6. The molecule has 0 radical (unpaired) electrons. The number of hydrogen-bond donors (Lipinski definition) is 0. The molecule has 0 spiro atoms. The minimum atomic E-state index is -0.450. The highest BCUT2D eigenvalue weighted by molar-refractivity contribution is 8.20. The summed E-state index contributed by atoms with van der Waals surface area (Å²) in [5, 5.41) is 11.0. The molecule has 2 heterocycles. The number of amides is 1. The van der Waals surface area contributed by atoms with Crippen LogP contribution in [0.5, 0.6) is 0 Å². The molecule has 0 saturated carbocycles. The number of anilines is 1. The average Bonchev–Trinajstić information content (AvgIpc) is 3.27. The number of carbonyl (C=O) groups excluding carboxylic acids is 1. The summed E-state index contributed by atoms with van der Waals surface area (Å²) in [4.78, 5) is 25.6. The Hall–Kier alpha value is -3.23. The van der Waals surface area contributed by atoms with Crippen LogP contribution < -0.4 is 4.90 Å². The molecule has 1 aromatic heterocycles. The van der Waals surface area contributed by atoms with Crippen molar-refractivity contribution in [2.75, 3.05) is 4.90 Å². The third-order valence-electron chi connectivity index (χ3n) is 4.07. The summed E-state index contributed by atoms with van der Waals surface area (Å²) in [6, 6.07) is 18.9. The van der Waals surface area contributed by atoms with Crippen LogP contribution in [0.25, 0.3) is 17.4 Å². The summed E-state index contributed by atoms with van der Waals surface area (Å²) < 4.78 is 5.76. The summed E-state index contributed by atoms with van der Waals surface area (Å²) in [7, 11) is 0. The number of para-hydroxylation sites is 2. The van der Waals surface area contributed by atoms with Gasteiger partial charge in [-0.1, -0.05) is 42.5 Å². The maximum atomic E-state index is 12.4. The normalized spacial score (nSPS) is 15.4. The Bertz CT molecular complexity index is 1120. The molecule has 0 aliphatic carbocycles. The van der Waals surface area contributed by atoms with Crippen molar-refractivity contribution < 1.29 is 14.1 Å². The fraction of sp³-hybridized carbons (Fsp3) is 0. The van der Waals surface area contributed by atoms with Gasteiger partial charge in [-0.25, -0.2) is 0 Å². The number of nitro groups is 1. The molecule has 3 aromatic rings. The molecule has 1 aliphatic heterocycles. The van der Waals surface area contributed by atoms with Crippen molar-refractivity contribution in [3.63, 3.8) is 0 Å². The molecule has 8 heteroatoms. The molecule has 1 fully saturated rings. The van der Waals surface area contributed by atoms with Gasteiger partial charge in [0.25, 0.3) is 10.9 Å². The summed E-state index contributed by atoms with van der Waals surface area (Å²) in [5.74, 6) is 0.833. The summed E-state index contributed by atoms with van der Waals surface area (Å²) in [6.45, 7) is 0. The molecule has 0 N–H and O–H groups in total. The predicted molar refractivity (Wildman–Crippen MR) is 113 cm³/mol. The van der Waals surface area contributed by atoms with Gasteiger partial charge in [0, 0.05) is 6.07 Å². The summed E-state index contributed by atoms with van der Waals surface area (Å²) in [6.07, 6.45) is 1.67. The first-order valence-corrected chi connectivity index (χ1v) is 9.44. The van der Waals surface area contributed by atoms with E-state index in [1.807, 2.05) is 30.3 Å². The zero-order valence-corrected chi connectivity index (χ0v) is 15.9. The third kappa shape index (κ3) is 3.35. The van der Waals surface area contributed by atoms with Gasteiger partial charge in [0.15, 0.2) is 0 Å². The molecule has 28 heavy (non-hydrogen) atoms. The molecule has 4 rings (SSSR count). The Morgan fingerprint density at radius 1 is 1.04 bits per heavy atom. The van der Waals surface area contributed by atoms with Crippen molar-refractivity contribution in [1.82, 2.24) is 0 Å². The lowest BCUT2D eigenvalue weighted by Crippen LogP contribution is -2.26. The van der Waals surface area contributed by atoms with E-state index in [4.69, 9.17) is 16.6 Å². The SMILES string of the molecule is O=C1S/C(=C\c2ccc(-c3ccccc3[N+](=O)[O-])o2)C(=S)N1c1ccccc1. The zero-order chi connectivity index (χ0) is 19.7. The summed E-state index contributed by atoms with van der Waals surface area (Å²) in [5.41, 5.74) is 1.06. The van der Waals surface area contributed by atoms with E-state index in [1.165, 1.54) is 11.0 Å². The second-order valence-corrected chi connectivity index (χ2v) is 7.21. The molecule has 0 unspecified atom stereocenters. The Morgan fingerprint density at radius 2 is 1.75 bits per heavy atom. The van der Waals surface area contributed by atoms with Gasteiger partial charge < -0.3 is 4.42 Å².